The monoisotopic (exact) mass is 297 g/mol. The van der Waals surface area contributed by atoms with E-state index in [9.17, 15) is 9.90 Å². The highest BCUT2D eigenvalue weighted by molar-refractivity contribution is 7.09. The number of aromatic nitrogens is 1. The highest BCUT2D eigenvalue weighted by Gasteiger charge is 2.25. The Morgan fingerprint density at radius 1 is 1.60 bits per heavy atom. The molecule has 6 heteroatoms. The van der Waals surface area contributed by atoms with E-state index in [1.54, 1.807) is 11.3 Å². The number of piperidine rings is 1. The van der Waals surface area contributed by atoms with Crippen molar-refractivity contribution in [2.45, 2.75) is 39.2 Å². The molecule has 0 aromatic carbocycles. The molecular weight excluding hydrogens is 274 g/mol. The zero-order chi connectivity index (χ0) is 14.5. The fourth-order valence-corrected chi connectivity index (χ4v) is 3.16. The van der Waals surface area contributed by atoms with Crippen LogP contribution in [0.5, 0.6) is 0 Å². The van der Waals surface area contributed by atoms with Crippen LogP contribution < -0.4 is 5.32 Å². The van der Waals surface area contributed by atoms with Crippen LogP contribution in [0.2, 0.25) is 0 Å². The molecular formula is C14H23N3O2S. The number of carbonyl (C=O) groups is 1. The Morgan fingerprint density at radius 3 is 2.85 bits per heavy atom. The molecule has 1 fully saturated rings. The highest BCUT2D eigenvalue weighted by atomic mass is 32.1. The third-order valence-electron chi connectivity index (χ3n) is 3.83. The molecule has 1 atom stereocenters. The number of nitrogens with one attached hydrogen (secondary N) is 1. The van der Waals surface area contributed by atoms with Gasteiger partial charge in [-0.2, -0.15) is 0 Å². The van der Waals surface area contributed by atoms with E-state index in [2.05, 4.69) is 10.3 Å². The molecule has 1 aliphatic rings. The zero-order valence-electron chi connectivity index (χ0n) is 12.1. The molecule has 2 amide bonds. The Balaban J connectivity index is 1.68. The summed E-state index contributed by atoms with van der Waals surface area (Å²) >= 11 is 1.64. The van der Waals surface area contributed by atoms with Crippen molar-refractivity contribution in [1.29, 1.82) is 0 Å². The number of urea groups is 1. The van der Waals surface area contributed by atoms with Crippen LogP contribution in [0.4, 0.5) is 4.79 Å². The molecule has 2 heterocycles. The minimum Gasteiger partial charge on any atom is -0.393 e. The van der Waals surface area contributed by atoms with Crippen molar-refractivity contribution in [3.63, 3.8) is 0 Å². The van der Waals surface area contributed by atoms with E-state index in [0.29, 0.717) is 12.5 Å². The maximum Gasteiger partial charge on any atom is 0.317 e. The van der Waals surface area contributed by atoms with Crippen LogP contribution in [-0.2, 0) is 6.42 Å². The fourth-order valence-electron chi connectivity index (χ4n) is 2.52. The van der Waals surface area contributed by atoms with Gasteiger partial charge >= 0.3 is 6.03 Å². The average molecular weight is 297 g/mol. The van der Waals surface area contributed by atoms with Gasteiger partial charge in [-0.3, -0.25) is 0 Å². The molecule has 1 unspecified atom stereocenters. The molecule has 20 heavy (non-hydrogen) atoms. The van der Waals surface area contributed by atoms with E-state index < -0.39 is 0 Å². The highest BCUT2D eigenvalue weighted by Crippen LogP contribution is 2.20. The Kier molecular flexibility index (Phi) is 5.37. The molecule has 0 spiro atoms. The summed E-state index contributed by atoms with van der Waals surface area (Å²) in [6.45, 7) is 5.90. The number of aryl methyl sites for hydroxylation is 1. The third kappa shape index (κ3) is 4.18. The first-order chi connectivity index (χ1) is 9.56. The molecule has 112 valence electrons. The van der Waals surface area contributed by atoms with E-state index >= 15 is 0 Å². The summed E-state index contributed by atoms with van der Waals surface area (Å²) in [6, 6.07) is 0.000921. The summed E-state index contributed by atoms with van der Waals surface area (Å²) in [5, 5.41) is 15.6. The van der Waals surface area contributed by atoms with Gasteiger partial charge in [0.15, 0.2) is 0 Å². The van der Waals surface area contributed by atoms with Crippen LogP contribution in [-0.4, -0.2) is 46.8 Å². The van der Waals surface area contributed by atoms with Crippen molar-refractivity contribution in [3.8, 4) is 0 Å². The molecule has 0 saturated carbocycles. The van der Waals surface area contributed by atoms with Gasteiger partial charge in [0, 0.05) is 31.4 Å². The number of thiazole rings is 1. The van der Waals surface area contributed by atoms with E-state index in [1.165, 1.54) is 0 Å². The molecule has 0 radical (unpaired) electrons. The first-order valence-electron chi connectivity index (χ1n) is 7.18. The summed E-state index contributed by atoms with van der Waals surface area (Å²) in [6.07, 6.45) is 2.28. The second kappa shape index (κ2) is 7.04. The molecule has 5 nitrogen and oxygen atoms in total. The Hall–Kier alpha value is -1.14. The van der Waals surface area contributed by atoms with Crippen LogP contribution >= 0.6 is 11.3 Å². The summed E-state index contributed by atoms with van der Waals surface area (Å²) in [7, 11) is 0. The number of nitrogens with zero attached hydrogens (tertiary/aromatic N) is 2. The second-order valence-electron chi connectivity index (χ2n) is 5.40. The lowest BCUT2D eigenvalue weighted by atomic mass is 9.92. The Labute approximate surface area is 124 Å². The molecule has 1 aliphatic heterocycles. The fraction of sp³-hybridized carbons (Fsp3) is 0.714. The van der Waals surface area contributed by atoms with Crippen molar-refractivity contribution >= 4 is 17.4 Å². The lowest BCUT2D eigenvalue weighted by Crippen LogP contribution is -2.46. The maximum atomic E-state index is 12.0. The van der Waals surface area contributed by atoms with Gasteiger partial charge in [0.1, 0.15) is 0 Å². The zero-order valence-corrected chi connectivity index (χ0v) is 12.9. The van der Waals surface area contributed by atoms with E-state index in [0.717, 1.165) is 43.1 Å². The summed E-state index contributed by atoms with van der Waals surface area (Å²) in [5.74, 6) is 0.331. The Bertz CT molecular complexity index is 439. The smallest absolute Gasteiger partial charge is 0.317 e. The van der Waals surface area contributed by atoms with Gasteiger partial charge in [0.2, 0.25) is 0 Å². The van der Waals surface area contributed by atoms with Crippen LogP contribution in [0.25, 0.3) is 0 Å². The van der Waals surface area contributed by atoms with Crippen LogP contribution in [0, 0.1) is 12.8 Å². The molecule has 2 N–H and O–H groups in total. The molecule has 1 saturated heterocycles. The van der Waals surface area contributed by atoms with E-state index in [1.807, 2.05) is 24.1 Å². The first kappa shape index (κ1) is 15.3. The van der Waals surface area contributed by atoms with Crippen LogP contribution in [0.15, 0.2) is 5.38 Å². The number of aliphatic hydroxyl groups excluding tert-OH is 1. The molecule has 0 bridgehead atoms. The quantitative estimate of drug-likeness (QED) is 0.890. The largest absolute Gasteiger partial charge is 0.393 e. The van der Waals surface area contributed by atoms with Gasteiger partial charge in [-0.15, -0.1) is 11.3 Å². The van der Waals surface area contributed by atoms with Crippen molar-refractivity contribution < 1.29 is 9.90 Å². The average Bonchev–Trinajstić information content (AvgIpc) is 2.84. The Morgan fingerprint density at radius 2 is 2.30 bits per heavy atom. The molecule has 0 aliphatic carbocycles. The SMILES string of the molecule is Cc1nc(CCNC(=O)N2CCC(C(C)O)CC2)cs1. The van der Waals surface area contributed by atoms with Gasteiger partial charge in [-0.1, -0.05) is 0 Å². The predicted molar refractivity (Wildman–Crippen MR) is 79.9 cm³/mol. The standard InChI is InChI=1S/C14H23N3O2S/c1-10(18)12-4-7-17(8-5-12)14(19)15-6-3-13-9-20-11(2)16-13/h9-10,12,18H,3-8H2,1-2H3,(H,15,19). The lowest BCUT2D eigenvalue weighted by Gasteiger charge is -2.33. The molecule has 1 aromatic rings. The van der Waals surface area contributed by atoms with Gasteiger partial charge in [-0.25, -0.2) is 9.78 Å². The van der Waals surface area contributed by atoms with Gasteiger partial charge in [0.25, 0.3) is 0 Å². The molecule has 2 rings (SSSR count). The third-order valence-corrected chi connectivity index (χ3v) is 4.66. The maximum absolute atomic E-state index is 12.0. The van der Waals surface area contributed by atoms with Gasteiger partial charge in [0.05, 0.1) is 16.8 Å². The van der Waals surface area contributed by atoms with Crippen LogP contribution in [0.3, 0.4) is 0 Å². The predicted octanol–water partition coefficient (Wildman–Crippen LogP) is 1.80. The molecule has 1 aromatic heterocycles. The lowest BCUT2D eigenvalue weighted by molar-refractivity contribution is 0.0799. The topological polar surface area (TPSA) is 65.5 Å². The van der Waals surface area contributed by atoms with Gasteiger partial charge in [-0.05, 0) is 32.6 Å². The minimum absolute atomic E-state index is 0.000921. The van der Waals surface area contributed by atoms with Crippen LogP contribution in [0.1, 0.15) is 30.5 Å². The number of aliphatic hydroxyl groups is 1. The van der Waals surface area contributed by atoms with Gasteiger partial charge < -0.3 is 15.3 Å². The normalized spacial score (nSPS) is 18.1. The number of rotatable bonds is 4. The van der Waals surface area contributed by atoms with E-state index in [4.69, 9.17) is 0 Å². The first-order valence-corrected chi connectivity index (χ1v) is 8.06. The number of likely N-dealkylation sites (tertiary alicyclic amines) is 1. The van der Waals surface area contributed by atoms with Crippen molar-refractivity contribution in [3.05, 3.63) is 16.1 Å². The number of hydrogen-bond donors (Lipinski definition) is 2. The summed E-state index contributed by atoms with van der Waals surface area (Å²) in [4.78, 5) is 18.2. The van der Waals surface area contributed by atoms with Crippen molar-refractivity contribution in [1.82, 2.24) is 15.2 Å². The van der Waals surface area contributed by atoms with E-state index in [-0.39, 0.29) is 12.1 Å². The minimum atomic E-state index is -0.270. The number of hydrogen-bond acceptors (Lipinski definition) is 4. The summed E-state index contributed by atoms with van der Waals surface area (Å²) in [5.41, 5.74) is 1.04. The van der Waals surface area contributed by atoms with Crippen molar-refractivity contribution in [2.24, 2.45) is 5.92 Å². The van der Waals surface area contributed by atoms with Crippen molar-refractivity contribution in [2.75, 3.05) is 19.6 Å². The number of carbonyl (C=O) groups excluding carboxylic acids is 1. The second-order valence-corrected chi connectivity index (χ2v) is 6.47. The summed E-state index contributed by atoms with van der Waals surface area (Å²) < 4.78 is 0. The number of amides is 2.